The molecule has 1 aliphatic carbocycles. The topological polar surface area (TPSA) is 20.2 Å². The van der Waals surface area contributed by atoms with Gasteiger partial charge in [0.15, 0.2) is 0 Å². The molecule has 0 heterocycles. The molecular formula is C14H19FO. The Morgan fingerprint density at radius 1 is 1.25 bits per heavy atom. The smallest absolute Gasteiger partial charge is 0.123 e. The molecule has 2 rings (SSSR count). The first-order valence-electron chi connectivity index (χ1n) is 5.96. The third-order valence-corrected chi connectivity index (χ3v) is 3.92. The maximum atomic E-state index is 12.8. The summed E-state index contributed by atoms with van der Waals surface area (Å²) in [5, 5.41) is 10.3. The first-order valence-corrected chi connectivity index (χ1v) is 5.96. The summed E-state index contributed by atoms with van der Waals surface area (Å²) in [6.07, 6.45) is 3.13. The second-order valence-corrected chi connectivity index (χ2v) is 5.36. The van der Waals surface area contributed by atoms with E-state index in [-0.39, 0.29) is 17.3 Å². The van der Waals surface area contributed by atoms with Crippen LogP contribution in [0.15, 0.2) is 24.3 Å². The molecule has 0 spiro atoms. The molecule has 1 aromatic rings. The van der Waals surface area contributed by atoms with E-state index in [1.807, 2.05) is 13.8 Å². The van der Waals surface area contributed by atoms with Crippen molar-refractivity contribution in [3.05, 3.63) is 35.6 Å². The van der Waals surface area contributed by atoms with Crippen molar-refractivity contribution < 1.29 is 9.50 Å². The summed E-state index contributed by atoms with van der Waals surface area (Å²) in [7, 11) is 0. The van der Waals surface area contributed by atoms with Crippen molar-refractivity contribution in [1.82, 2.24) is 0 Å². The van der Waals surface area contributed by atoms with Gasteiger partial charge in [0, 0.05) is 5.41 Å². The minimum absolute atomic E-state index is 0.224. The summed E-state index contributed by atoms with van der Waals surface area (Å²) in [5.74, 6) is 0.192. The number of benzene rings is 1. The van der Waals surface area contributed by atoms with Crippen molar-refractivity contribution in [2.75, 3.05) is 0 Å². The van der Waals surface area contributed by atoms with E-state index in [4.69, 9.17) is 0 Å². The number of aliphatic hydroxyl groups excluding tert-OH is 1. The average molecular weight is 222 g/mol. The van der Waals surface area contributed by atoms with Crippen LogP contribution in [-0.2, 0) is 5.41 Å². The molecule has 1 aliphatic rings. The van der Waals surface area contributed by atoms with E-state index in [1.54, 1.807) is 12.1 Å². The Bertz CT molecular complexity index is 352. The van der Waals surface area contributed by atoms with E-state index in [1.165, 1.54) is 18.6 Å². The molecule has 0 radical (unpaired) electrons. The molecule has 1 nitrogen and oxygen atoms in total. The van der Waals surface area contributed by atoms with Crippen molar-refractivity contribution in [3.8, 4) is 0 Å². The van der Waals surface area contributed by atoms with Crippen molar-refractivity contribution >= 4 is 0 Å². The fourth-order valence-electron chi connectivity index (χ4n) is 2.40. The standard InChI is InChI=1S/C14H19FO/c1-14(2,13(16)10-4-3-5-10)11-6-8-12(15)9-7-11/h6-10,13,16H,3-5H2,1-2H3. The third-order valence-electron chi connectivity index (χ3n) is 3.92. The Balaban J connectivity index is 2.19. The molecule has 0 bridgehead atoms. The Morgan fingerprint density at radius 3 is 2.25 bits per heavy atom. The monoisotopic (exact) mass is 222 g/mol. The van der Waals surface area contributed by atoms with Crippen LogP contribution in [0.3, 0.4) is 0 Å². The lowest BCUT2D eigenvalue weighted by Gasteiger charge is -2.40. The second kappa shape index (κ2) is 4.17. The van der Waals surface area contributed by atoms with Gasteiger partial charge in [0.05, 0.1) is 6.10 Å². The van der Waals surface area contributed by atoms with Crippen LogP contribution in [0.5, 0.6) is 0 Å². The van der Waals surface area contributed by atoms with Crippen LogP contribution in [0.1, 0.15) is 38.7 Å². The summed E-state index contributed by atoms with van der Waals surface area (Å²) in [6.45, 7) is 4.06. The molecule has 0 aliphatic heterocycles. The summed E-state index contributed by atoms with van der Waals surface area (Å²) >= 11 is 0. The highest BCUT2D eigenvalue weighted by Crippen LogP contribution is 2.39. The van der Waals surface area contributed by atoms with Gasteiger partial charge in [-0.15, -0.1) is 0 Å². The van der Waals surface area contributed by atoms with Gasteiger partial charge in [-0.05, 0) is 36.5 Å². The molecular weight excluding hydrogens is 203 g/mol. The van der Waals surface area contributed by atoms with Gasteiger partial charge in [-0.2, -0.15) is 0 Å². The second-order valence-electron chi connectivity index (χ2n) is 5.36. The maximum Gasteiger partial charge on any atom is 0.123 e. The zero-order valence-corrected chi connectivity index (χ0v) is 9.91. The molecule has 1 fully saturated rings. The predicted octanol–water partition coefficient (Wildman–Crippen LogP) is 3.26. The van der Waals surface area contributed by atoms with E-state index >= 15 is 0 Å². The minimum atomic E-state index is -0.327. The van der Waals surface area contributed by atoms with Gasteiger partial charge in [-0.25, -0.2) is 4.39 Å². The summed E-state index contributed by atoms with van der Waals surface area (Å²) < 4.78 is 12.8. The largest absolute Gasteiger partial charge is 0.392 e. The highest BCUT2D eigenvalue weighted by atomic mass is 19.1. The van der Waals surface area contributed by atoms with E-state index in [0.29, 0.717) is 5.92 Å². The van der Waals surface area contributed by atoms with Gasteiger partial charge in [0.25, 0.3) is 0 Å². The lowest BCUT2D eigenvalue weighted by Crippen LogP contribution is -2.42. The molecule has 1 saturated carbocycles. The van der Waals surface area contributed by atoms with Crippen LogP contribution >= 0.6 is 0 Å². The molecule has 16 heavy (non-hydrogen) atoms. The van der Waals surface area contributed by atoms with Gasteiger partial charge in [-0.1, -0.05) is 32.4 Å². The predicted molar refractivity (Wildman–Crippen MR) is 62.8 cm³/mol. The van der Waals surface area contributed by atoms with Gasteiger partial charge in [0.2, 0.25) is 0 Å². The number of hydrogen-bond acceptors (Lipinski definition) is 1. The summed E-state index contributed by atoms with van der Waals surface area (Å²) in [5.41, 5.74) is 0.715. The minimum Gasteiger partial charge on any atom is -0.392 e. The van der Waals surface area contributed by atoms with Crippen LogP contribution in [0.2, 0.25) is 0 Å². The summed E-state index contributed by atoms with van der Waals surface area (Å²) in [6, 6.07) is 6.48. The zero-order chi connectivity index (χ0) is 11.8. The zero-order valence-electron chi connectivity index (χ0n) is 9.91. The number of aliphatic hydroxyl groups is 1. The lowest BCUT2D eigenvalue weighted by atomic mass is 9.68. The molecule has 1 atom stereocenters. The van der Waals surface area contributed by atoms with Crippen molar-refractivity contribution in [3.63, 3.8) is 0 Å². The third kappa shape index (κ3) is 1.99. The van der Waals surface area contributed by atoms with Crippen LogP contribution in [0.4, 0.5) is 4.39 Å². The Kier molecular flexibility index (Phi) is 3.02. The van der Waals surface area contributed by atoms with Gasteiger partial charge in [-0.3, -0.25) is 0 Å². The highest BCUT2D eigenvalue weighted by molar-refractivity contribution is 5.26. The number of hydrogen-bond donors (Lipinski definition) is 1. The van der Waals surface area contributed by atoms with Gasteiger partial charge >= 0.3 is 0 Å². The molecule has 0 amide bonds. The van der Waals surface area contributed by atoms with E-state index in [9.17, 15) is 9.50 Å². The van der Waals surface area contributed by atoms with E-state index < -0.39 is 0 Å². The molecule has 2 heteroatoms. The van der Waals surface area contributed by atoms with E-state index in [2.05, 4.69) is 0 Å². The van der Waals surface area contributed by atoms with Gasteiger partial charge < -0.3 is 5.11 Å². The molecule has 88 valence electrons. The van der Waals surface area contributed by atoms with Crippen molar-refractivity contribution in [1.29, 1.82) is 0 Å². The van der Waals surface area contributed by atoms with Crippen LogP contribution in [-0.4, -0.2) is 11.2 Å². The quantitative estimate of drug-likeness (QED) is 0.832. The van der Waals surface area contributed by atoms with Crippen molar-refractivity contribution in [2.24, 2.45) is 5.92 Å². The molecule has 0 aromatic heterocycles. The first kappa shape index (κ1) is 11.6. The number of rotatable bonds is 3. The normalized spacial score (nSPS) is 19.2. The number of halogens is 1. The fourth-order valence-corrected chi connectivity index (χ4v) is 2.40. The molecule has 1 unspecified atom stereocenters. The highest BCUT2D eigenvalue weighted by Gasteiger charge is 2.38. The average Bonchev–Trinajstić information content (AvgIpc) is 2.15. The SMILES string of the molecule is CC(C)(c1ccc(F)cc1)C(O)C1CCC1. The Morgan fingerprint density at radius 2 is 1.81 bits per heavy atom. The molecule has 0 saturated heterocycles. The Hall–Kier alpha value is -0.890. The first-order chi connectivity index (χ1) is 7.51. The fraction of sp³-hybridized carbons (Fsp3) is 0.571. The van der Waals surface area contributed by atoms with Crippen molar-refractivity contribution in [2.45, 2.75) is 44.6 Å². The summed E-state index contributed by atoms with van der Waals surface area (Å²) in [4.78, 5) is 0. The maximum absolute atomic E-state index is 12.8. The van der Waals surface area contributed by atoms with Gasteiger partial charge in [0.1, 0.15) is 5.82 Å². The van der Waals surface area contributed by atoms with E-state index in [0.717, 1.165) is 18.4 Å². The molecule has 1 aromatic carbocycles. The van der Waals surface area contributed by atoms with Crippen LogP contribution in [0.25, 0.3) is 0 Å². The van der Waals surface area contributed by atoms with Crippen LogP contribution < -0.4 is 0 Å². The Labute approximate surface area is 96.3 Å². The lowest BCUT2D eigenvalue weighted by molar-refractivity contribution is 0.00887. The van der Waals surface area contributed by atoms with Crippen LogP contribution in [0, 0.1) is 11.7 Å². The molecule has 1 N–H and O–H groups in total.